The molecule has 0 aliphatic rings. The van der Waals surface area contributed by atoms with Crippen molar-refractivity contribution < 1.29 is 61.0 Å². The normalized spacial score (nSPS) is 11.0. The molecule has 0 saturated heterocycles. The minimum Gasteiger partial charge on any atom is -0.872 e. The first-order chi connectivity index (χ1) is 12.2. The van der Waals surface area contributed by atoms with Crippen LogP contribution in [0.1, 0.15) is 0 Å². The van der Waals surface area contributed by atoms with Gasteiger partial charge in [0.15, 0.2) is 0 Å². The first-order valence-electron chi connectivity index (χ1n) is 7.08. The third-order valence-corrected chi connectivity index (χ3v) is 3.90. The van der Waals surface area contributed by atoms with Crippen molar-refractivity contribution in [1.82, 2.24) is 0 Å². The molecule has 0 radical (unpaired) electrons. The van der Waals surface area contributed by atoms with Gasteiger partial charge in [0.1, 0.15) is 16.9 Å². The van der Waals surface area contributed by atoms with Gasteiger partial charge in [-0.3, -0.25) is 9.35 Å². The predicted molar refractivity (Wildman–Crippen MR) is 90.5 cm³/mol. The van der Waals surface area contributed by atoms with Gasteiger partial charge in [-0.15, -0.1) is 5.75 Å². The molecule has 0 saturated carbocycles. The SMILES string of the molecule is COc1ccc(-c2c(OS(=O)(=O)O)oc3cc([O-])ccc3c2=O)c(N)c1.[Na+]. The van der Waals surface area contributed by atoms with Crippen molar-refractivity contribution in [3.05, 3.63) is 46.6 Å². The summed E-state index contributed by atoms with van der Waals surface area (Å²) >= 11 is 0. The predicted octanol–water partition coefficient (Wildman–Crippen LogP) is -1.69. The van der Waals surface area contributed by atoms with Gasteiger partial charge in [0.05, 0.1) is 12.5 Å². The van der Waals surface area contributed by atoms with E-state index in [0.717, 1.165) is 12.1 Å². The Morgan fingerprint density at radius 3 is 2.48 bits per heavy atom. The van der Waals surface area contributed by atoms with E-state index in [2.05, 4.69) is 4.18 Å². The molecule has 27 heavy (non-hydrogen) atoms. The first-order valence-corrected chi connectivity index (χ1v) is 8.45. The van der Waals surface area contributed by atoms with E-state index in [9.17, 15) is 18.3 Å². The summed E-state index contributed by atoms with van der Waals surface area (Å²) in [6.07, 6.45) is 0. The number of nitrogens with two attached hydrogens (primary N) is 1. The second-order valence-electron chi connectivity index (χ2n) is 5.22. The van der Waals surface area contributed by atoms with Crippen LogP contribution in [0, 0.1) is 0 Å². The number of hydrogen-bond acceptors (Lipinski definition) is 8. The summed E-state index contributed by atoms with van der Waals surface area (Å²) in [6.45, 7) is 0. The Labute approximate surface area is 175 Å². The van der Waals surface area contributed by atoms with E-state index in [1.54, 1.807) is 0 Å². The van der Waals surface area contributed by atoms with Gasteiger partial charge in [-0.1, -0.05) is 6.07 Å². The summed E-state index contributed by atoms with van der Waals surface area (Å²) in [5.41, 5.74) is 4.89. The maximum atomic E-state index is 12.8. The van der Waals surface area contributed by atoms with Crippen LogP contribution in [0.3, 0.4) is 0 Å². The fourth-order valence-corrected chi connectivity index (χ4v) is 2.74. The second kappa shape index (κ2) is 7.79. The van der Waals surface area contributed by atoms with Crippen LogP contribution in [0.2, 0.25) is 0 Å². The number of hydrogen-bond donors (Lipinski definition) is 2. The second-order valence-corrected chi connectivity index (χ2v) is 6.24. The molecular weight excluding hydrogens is 389 g/mol. The van der Waals surface area contributed by atoms with E-state index in [1.807, 2.05) is 0 Å². The average Bonchev–Trinajstić information content (AvgIpc) is 2.54. The molecule has 0 aliphatic heterocycles. The van der Waals surface area contributed by atoms with E-state index in [-0.39, 0.29) is 57.3 Å². The van der Waals surface area contributed by atoms with Gasteiger partial charge >= 0.3 is 45.9 Å². The number of fused-ring (bicyclic) bond motifs is 1. The molecule has 0 aliphatic carbocycles. The van der Waals surface area contributed by atoms with Gasteiger partial charge in [0.2, 0.25) is 5.43 Å². The van der Waals surface area contributed by atoms with E-state index in [0.29, 0.717) is 5.75 Å². The van der Waals surface area contributed by atoms with Gasteiger partial charge in [0.25, 0.3) is 0 Å². The van der Waals surface area contributed by atoms with E-state index < -0.39 is 27.5 Å². The minimum atomic E-state index is -5.01. The molecule has 11 heteroatoms. The molecule has 1 aromatic heterocycles. The molecule has 0 fully saturated rings. The number of ether oxygens (including phenoxy) is 1. The Balaban J connectivity index is 0.00000261. The van der Waals surface area contributed by atoms with Crippen molar-refractivity contribution in [2.75, 3.05) is 12.8 Å². The quantitative estimate of drug-likeness (QED) is 0.296. The Kier molecular flexibility index (Phi) is 6.07. The Hall–Kier alpha value is -2.24. The van der Waals surface area contributed by atoms with Crippen LogP contribution in [-0.4, -0.2) is 20.1 Å². The molecule has 0 spiro atoms. The number of benzene rings is 2. The van der Waals surface area contributed by atoms with Crippen molar-refractivity contribution in [1.29, 1.82) is 0 Å². The van der Waals surface area contributed by atoms with E-state index in [4.69, 9.17) is 19.4 Å². The van der Waals surface area contributed by atoms with Crippen molar-refractivity contribution >= 4 is 27.1 Å². The molecule has 2 aromatic carbocycles. The van der Waals surface area contributed by atoms with Crippen LogP contribution < -0.4 is 54.7 Å². The van der Waals surface area contributed by atoms with Crippen LogP contribution in [0.5, 0.6) is 17.4 Å². The molecule has 0 amide bonds. The van der Waals surface area contributed by atoms with Gasteiger partial charge in [-0.05, 0) is 24.3 Å². The van der Waals surface area contributed by atoms with E-state index in [1.165, 1.54) is 31.4 Å². The molecule has 0 atom stereocenters. The van der Waals surface area contributed by atoms with Crippen molar-refractivity contribution in [2.24, 2.45) is 0 Å². The van der Waals surface area contributed by atoms with Crippen LogP contribution in [-0.2, 0) is 10.4 Å². The number of nitrogen functional groups attached to an aromatic ring is 1. The fraction of sp³-hybridized carbons (Fsp3) is 0.0625. The van der Waals surface area contributed by atoms with Crippen molar-refractivity contribution in [2.45, 2.75) is 0 Å². The third-order valence-electron chi connectivity index (χ3n) is 3.54. The summed E-state index contributed by atoms with van der Waals surface area (Å²) in [5.74, 6) is -0.868. The third kappa shape index (κ3) is 4.37. The molecular formula is C16H12NNaO8S. The molecule has 136 valence electrons. The summed E-state index contributed by atoms with van der Waals surface area (Å²) in [5, 5.41) is 11.5. The van der Waals surface area contributed by atoms with Crippen LogP contribution in [0.15, 0.2) is 45.6 Å². The smallest absolute Gasteiger partial charge is 0.872 e. The zero-order valence-corrected chi connectivity index (χ0v) is 17.1. The summed E-state index contributed by atoms with van der Waals surface area (Å²) in [7, 11) is -3.58. The minimum absolute atomic E-state index is 0. The zero-order valence-electron chi connectivity index (χ0n) is 14.3. The summed E-state index contributed by atoms with van der Waals surface area (Å²) in [4.78, 5) is 12.8. The number of rotatable bonds is 4. The summed E-state index contributed by atoms with van der Waals surface area (Å²) < 4.78 is 45.9. The monoisotopic (exact) mass is 401 g/mol. The maximum absolute atomic E-state index is 12.8. The number of methoxy groups -OCH3 is 1. The standard InChI is InChI=1S/C16H13NO8S.Na/c1-23-9-3-5-10(12(17)7-9)14-15(19)11-4-2-8(18)6-13(11)24-16(14)25-26(20,21)22;/h2-7,18H,17H2,1H3,(H,20,21,22);/q;+1/p-1. The summed E-state index contributed by atoms with van der Waals surface area (Å²) in [6, 6.07) is 7.71. The van der Waals surface area contributed by atoms with Crippen molar-refractivity contribution in [3.63, 3.8) is 0 Å². The van der Waals surface area contributed by atoms with Gasteiger partial charge < -0.3 is 24.2 Å². The maximum Gasteiger partial charge on any atom is 1.00 e. The van der Waals surface area contributed by atoms with E-state index >= 15 is 0 Å². The van der Waals surface area contributed by atoms with Crippen LogP contribution in [0.25, 0.3) is 22.1 Å². The fourth-order valence-electron chi connectivity index (χ4n) is 2.44. The molecule has 3 aromatic rings. The zero-order chi connectivity index (χ0) is 19.1. The molecule has 3 rings (SSSR count). The van der Waals surface area contributed by atoms with Crippen LogP contribution >= 0.6 is 0 Å². The molecule has 3 N–H and O–H groups in total. The Morgan fingerprint density at radius 2 is 1.89 bits per heavy atom. The Morgan fingerprint density at radius 1 is 1.19 bits per heavy atom. The molecule has 0 unspecified atom stereocenters. The molecule has 1 heterocycles. The number of anilines is 1. The van der Waals surface area contributed by atoms with Crippen molar-refractivity contribution in [3.8, 4) is 28.6 Å². The van der Waals surface area contributed by atoms with Gasteiger partial charge in [-0.2, -0.15) is 8.42 Å². The molecule has 0 bridgehead atoms. The Bertz CT molecular complexity index is 1170. The van der Waals surface area contributed by atoms with Crippen LogP contribution in [0.4, 0.5) is 5.69 Å². The first kappa shape index (κ1) is 21.1. The average molecular weight is 401 g/mol. The van der Waals surface area contributed by atoms with Gasteiger partial charge in [-0.25, -0.2) is 0 Å². The molecule has 9 nitrogen and oxygen atoms in total. The topological polar surface area (TPSA) is 152 Å². The largest absolute Gasteiger partial charge is 1.00 e. The van der Waals surface area contributed by atoms with Gasteiger partial charge in [0, 0.05) is 17.3 Å².